The minimum atomic E-state index is -2.86. The monoisotopic (exact) mass is 468 g/mol. The Balaban J connectivity index is 1.85. The highest BCUT2D eigenvalue weighted by Gasteiger charge is 2.18. The van der Waals surface area contributed by atoms with E-state index in [4.69, 9.17) is 30.8 Å². The molecule has 0 spiro atoms. The number of carbonyl (C=O) groups excluding carboxylic acids is 1. The lowest BCUT2D eigenvalue weighted by atomic mass is 10.2. The predicted molar refractivity (Wildman–Crippen MR) is 109 cm³/mol. The first-order valence-electron chi connectivity index (χ1n) is 8.93. The normalized spacial score (nSPS) is 11.2. The van der Waals surface area contributed by atoms with Crippen molar-refractivity contribution < 1.29 is 36.9 Å². The average molecular weight is 468 g/mol. The molecular weight excluding hydrogens is 450 g/mol. The third-order valence-corrected chi connectivity index (χ3v) is 4.35. The Morgan fingerprint density at radius 2 is 1.97 bits per heavy atom. The molecule has 0 radical (unpaired) electrons. The Bertz CT molecular complexity index is 1160. The van der Waals surface area contributed by atoms with Crippen LogP contribution in [0.2, 0.25) is 0 Å². The molecule has 0 saturated heterocycles. The third-order valence-electron chi connectivity index (χ3n) is 4.08. The van der Waals surface area contributed by atoms with Crippen molar-refractivity contribution in [3.8, 4) is 17.2 Å². The molecule has 0 saturated carbocycles. The van der Waals surface area contributed by atoms with Gasteiger partial charge in [0.1, 0.15) is 12.4 Å². The fourth-order valence-corrected chi connectivity index (χ4v) is 2.79. The maximum atomic E-state index is 13.0. The fourth-order valence-electron chi connectivity index (χ4n) is 2.61. The largest absolute Gasteiger partial charge is 0.493 e. The van der Waals surface area contributed by atoms with Crippen molar-refractivity contribution in [2.45, 2.75) is 13.0 Å². The summed E-state index contributed by atoms with van der Waals surface area (Å²) in [6.07, 6.45) is -1.57. The van der Waals surface area contributed by atoms with Crippen molar-refractivity contribution in [1.82, 2.24) is 14.9 Å². The molecule has 10 nitrogen and oxygen atoms in total. The zero-order valence-electron chi connectivity index (χ0n) is 17.1. The molecule has 0 fully saturated rings. The van der Waals surface area contributed by atoms with Crippen molar-refractivity contribution in [3.05, 3.63) is 51.9 Å². The molecular formula is C19H18F2N4O6S. The lowest BCUT2D eigenvalue weighted by Crippen LogP contribution is -2.02. The van der Waals surface area contributed by atoms with E-state index in [1.807, 2.05) is 0 Å². The van der Waals surface area contributed by atoms with Crippen LogP contribution in [0, 0.1) is 4.77 Å². The second-order valence-electron chi connectivity index (χ2n) is 6.04. The number of rotatable bonds is 9. The van der Waals surface area contributed by atoms with Crippen LogP contribution >= 0.6 is 12.2 Å². The molecule has 0 aliphatic rings. The summed E-state index contributed by atoms with van der Waals surface area (Å²) in [5.74, 6) is 0.0199. The van der Waals surface area contributed by atoms with E-state index in [-0.39, 0.29) is 34.4 Å². The van der Waals surface area contributed by atoms with Crippen LogP contribution in [0.15, 0.2) is 33.8 Å². The van der Waals surface area contributed by atoms with Gasteiger partial charge in [0.25, 0.3) is 6.43 Å². The van der Waals surface area contributed by atoms with Gasteiger partial charge in [-0.15, -0.1) is 0 Å². The van der Waals surface area contributed by atoms with E-state index >= 15 is 0 Å². The van der Waals surface area contributed by atoms with E-state index in [0.29, 0.717) is 11.3 Å². The van der Waals surface area contributed by atoms with Crippen LogP contribution in [0.3, 0.4) is 0 Å². The number of benzene rings is 1. The number of nitrogens with one attached hydrogen (secondary N) is 1. The summed E-state index contributed by atoms with van der Waals surface area (Å²) in [6, 6.07) is 6.17. The number of carbonyl (C=O) groups is 1. The average Bonchev–Trinajstić information content (AvgIpc) is 3.42. The minimum Gasteiger partial charge on any atom is -0.493 e. The van der Waals surface area contributed by atoms with Gasteiger partial charge in [-0.2, -0.15) is 14.9 Å². The van der Waals surface area contributed by atoms with Gasteiger partial charge < -0.3 is 23.4 Å². The zero-order chi connectivity index (χ0) is 23.3. The molecule has 0 aliphatic carbocycles. The maximum Gasteiger partial charge on any atom is 0.373 e. The van der Waals surface area contributed by atoms with E-state index in [0.717, 1.165) is 4.68 Å². The molecule has 0 atom stereocenters. The Labute approximate surface area is 185 Å². The van der Waals surface area contributed by atoms with E-state index < -0.39 is 18.2 Å². The van der Waals surface area contributed by atoms with Crippen molar-refractivity contribution >= 4 is 24.4 Å². The predicted octanol–water partition coefficient (Wildman–Crippen LogP) is 3.74. The molecule has 170 valence electrons. The number of esters is 1. The number of aromatic amines is 1. The standard InChI is InChI=1S/C19H18F2N4O6S/c1-27-13-6-10(8-22-25-17(16(20)21)23-24-19(25)32)7-14(28-2)15(13)30-9-11-4-5-12(31-11)18(26)29-3/h4-8,16H,9H2,1-3H3,(H,24,32)/b22-8+. The van der Waals surface area contributed by atoms with Crippen LogP contribution in [0.5, 0.6) is 17.2 Å². The van der Waals surface area contributed by atoms with Crippen LogP contribution in [0.1, 0.15) is 34.1 Å². The van der Waals surface area contributed by atoms with Crippen molar-refractivity contribution in [2.75, 3.05) is 21.3 Å². The Hall–Kier alpha value is -3.74. The van der Waals surface area contributed by atoms with Gasteiger partial charge >= 0.3 is 5.97 Å². The highest BCUT2D eigenvalue weighted by Crippen LogP contribution is 2.39. The van der Waals surface area contributed by atoms with Gasteiger partial charge in [0.15, 0.2) is 11.5 Å². The minimum absolute atomic E-state index is 0.0287. The molecule has 13 heteroatoms. The molecule has 2 aromatic heterocycles. The second kappa shape index (κ2) is 10.0. The smallest absolute Gasteiger partial charge is 0.373 e. The lowest BCUT2D eigenvalue weighted by Gasteiger charge is -2.14. The third kappa shape index (κ3) is 4.94. The first-order valence-corrected chi connectivity index (χ1v) is 9.34. The number of hydrogen-bond acceptors (Lipinski definition) is 9. The highest BCUT2D eigenvalue weighted by atomic mass is 32.1. The quantitative estimate of drug-likeness (QED) is 0.287. The lowest BCUT2D eigenvalue weighted by molar-refractivity contribution is 0.0560. The van der Waals surface area contributed by atoms with E-state index in [1.54, 1.807) is 18.2 Å². The van der Waals surface area contributed by atoms with Crippen LogP contribution < -0.4 is 14.2 Å². The van der Waals surface area contributed by atoms with Crippen LogP contribution in [0.25, 0.3) is 0 Å². The Kier molecular flexibility index (Phi) is 7.20. The van der Waals surface area contributed by atoms with Gasteiger partial charge in [-0.3, -0.25) is 0 Å². The number of aromatic nitrogens is 3. The first kappa shape index (κ1) is 22.9. The number of ether oxygens (including phenoxy) is 4. The van der Waals surface area contributed by atoms with Crippen LogP contribution in [-0.2, 0) is 11.3 Å². The molecule has 0 unspecified atom stereocenters. The van der Waals surface area contributed by atoms with E-state index in [2.05, 4.69) is 20.0 Å². The topological polar surface area (TPSA) is 113 Å². The van der Waals surface area contributed by atoms with E-state index in [1.165, 1.54) is 33.6 Å². The van der Waals surface area contributed by atoms with Crippen molar-refractivity contribution in [2.24, 2.45) is 5.10 Å². The van der Waals surface area contributed by atoms with Gasteiger partial charge in [0, 0.05) is 5.56 Å². The number of H-pyrrole nitrogens is 1. The first-order chi connectivity index (χ1) is 15.4. The summed E-state index contributed by atoms with van der Waals surface area (Å²) in [7, 11) is 4.09. The van der Waals surface area contributed by atoms with Crippen molar-refractivity contribution in [1.29, 1.82) is 0 Å². The summed E-state index contributed by atoms with van der Waals surface area (Å²) in [4.78, 5) is 11.5. The van der Waals surface area contributed by atoms with Crippen LogP contribution in [0.4, 0.5) is 8.78 Å². The van der Waals surface area contributed by atoms with Gasteiger partial charge in [0.05, 0.1) is 27.5 Å². The van der Waals surface area contributed by atoms with Gasteiger partial charge in [-0.05, 0) is 36.5 Å². The summed E-state index contributed by atoms with van der Waals surface area (Å²) < 4.78 is 53.3. The molecule has 2 heterocycles. The fraction of sp³-hybridized carbons (Fsp3) is 0.263. The molecule has 0 amide bonds. The highest BCUT2D eigenvalue weighted by molar-refractivity contribution is 7.71. The summed E-state index contributed by atoms with van der Waals surface area (Å²) in [5.41, 5.74) is 0.459. The molecule has 3 aromatic rings. The Morgan fingerprint density at radius 3 is 2.56 bits per heavy atom. The molecule has 1 N–H and O–H groups in total. The summed E-state index contributed by atoms with van der Waals surface area (Å²) >= 11 is 4.92. The SMILES string of the molecule is COC(=O)c1ccc(COc2c(OC)cc(/C=N/n3c(C(F)F)n[nH]c3=S)cc2OC)o1. The van der Waals surface area contributed by atoms with Gasteiger partial charge in [-0.1, -0.05) is 0 Å². The molecule has 32 heavy (non-hydrogen) atoms. The van der Waals surface area contributed by atoms with Gasteiger partial charge in [-0.25, -0.2) is 18.7 Å². The van der Waals surface area contributed by atoms with E-state index in [9.17, 15) is 13.6 Å². The molecule has 3 rings (SSSR count). The Morgan fingerprint density at radius 1 is 1.28 bits per heavy atom. The number of alkyl halides is 2. The number of halogens is 2. The zero-order valence-corrected chi connectivity index (χ0v) is 17.9. The van der Waals surface area contributed by atoms with Crippen molar-refractivity contribution in [3.63, 3.8) is 0 Å². The molecule has 1 aromatic carbocycles. The molecule has 0 aliphatic heterocycles. The molecule has 0 bridgehead atoms. The van der Waals surface area contributed by atoms with Crippen LogP contribution in [-0.4, -0.2) is 48.4 Å². The number of methoxy groups -OCH3 is 3. The number of furan rings is 1. The maximum absolute atomic E-state index is 13.0. The second-order valence-corrected chi connectivity index (χ2v) is 6.43. The summed E-state index contributed by atoms with van der Waals surface area (Å²) in [6.45, 7) is -0.0287. The summed E-state index contributed by atoms with van der Waals surface area (Å²) in [5, 5.41) is 9.69. The van der Waals surface area contributed by atoms with Gasteiger partial charge in [0.2, 0.25) is 22.1 Å². The number of hydrogen-bond donors (Lipinski definition) is 1. The number of nitrogens with zero attached hydrogens (tertiary/aromatic N) is 3.